The molecule has 0 bridgehead atoms. The van der Waals surface area contributed by atoms with Crippen molar-refractivity contribution in [2.45, 2.75) is 38.6 Å². The van der Waals surface area contributed by atoms with Gasteiger partial charge in [0.25, 0.3) is 0 Å². The van der Waals surface area contributed by atoms with E-state index in [2.05, 4.69) is 12.2 Å². The number of halogens is 2. The van der Waals surface area contributed by atoms with Gasteiger partial charge in [0, 0.05) is 11.1 Å². The maximum absolute atomic E-state index is 13.2. The molecule has 2 rings (SSSR count). The van der Waals surface area contributed by atoms with E-state index in [9.17, 15) is 4.39 Å². The van der Waals surface area contributed by atoms with Gasteiger partial charge in [-0.05, 0) is 61.9 Å². The molecule has 1 aliphatic carbocycles. The third kappa shape index (κ3) is 2.99. The van der Waals surface area contributed by atoms with Crippen LogP contribution in [-0.4, -0.2) is 13.1 Å². The molecule has 1 N–H and O–H groups in total. The Morgan fingerprint density at radius 3 is 2.94 bits per heavy atom. The average molecular weight is 256 g/mol. The van der Waals surface area contributed by atoms with Crippen molar-refractivity contribution in [1.82, 2.24) is 5.32 Å². The lowest BCUT2D eigenvalue weighted by Gasteiger charge is -2.24. The summed E-state index contributed by atoms with van der Waals surface area (Å²) in [5.41, 5.74) is 1.18. The molecular formula is C14H19ClFN. The first-order chi connectivity index (χ1) is 8.02. The summed E-state index contributed by atoms with van der Waals surface area (Å²) < 4.78 is 13.2. The molecule has 1 aromatic rings. The zero-order valence-electron chi connectivity index (χ0n) is 10.4. The smallest absolute Gasteiger partial charge is 0.123 e. The Bertz CT molecular complexity index is 407. The van der Waals surface area contributed by atoms with Crippen LogP contribution in [0.2, 0.25) is 5.02 Å². The Kier molecular flexibility index (Phi) is 3.74. The highest BCUT2D eigenvalue weighted by Gasteiger charge is 2.34. The molecule has 17 heavy (non-hydrogen) atoms. The predicted molar refractivity (Wildman–Crippen MR) is 69.9 cm³/mol. The summed E-state index contributed by atoms with van der Waals surface area (Å²) in [7, 11) is 2.01. The molecule has 94 valence electrons. The summed E-state index contributed by atoms with van der Waals surface area (Å²) in [6.07, 6.45) is 4.36. The molecule has 2 unspecified atom stereocenters. The molecule has 1 aromatic carbocycles. The second-order valence-electron chi connectivity index (χ2n) is 5.45. The van der Waals surface area contributed by atoms with E-state index in [1.165, 1.54) is 18.9 Å². The van der Waals surface area contributed by atoms with Crippen molar-refractivity contribution < 1.29 is 4.39 Å². The number of benzene rings is 1. The summed E-state index contributed by atoms with van der Waals surface area (Å²) >= 11 is 6.12. The maximum Gasteiger partial charge on any atom is 0.123 e. The lowest BCUT2D eigenvalue weighted by molar-refractivity contribution is 0.324. The summed E-state index contributed by atoms with van der Waals surface area (Å²) in [5.74, 6) is -0.198. The highest BCUT2D eigenvalue weighted by atomic mass is 35.5. The van der Waals surface area contributed by atoms with Crippen molar-refractivity contribution >= 4 is 11.6 Å². The second-order valence-corrected chi connectivity index (χ2v) is 5.86. The fourth-order valence-electron chi connectivity index (χ4n) is 2.87. The van der Waals surface area contributed by atoms with E-state index in [1.54, 1.807) is 12.1 Å². The third-order valence-electron chi connectivity index (χ3n) is 3.87. The molecule has 0 spiro atoms. The molecular weight excluding hydrogens is 237 g/mol. The first kappa shape index (κ1) is 12.8. The molecule has 0 amide bonds. The summed E-state index contributed by atoms with van der Waals surface area (Å²) in [5, 5.41) is 4.00. The summed E-state index contributed by atoms with van der Waals surface area (Å²) in [6.45, 7) is 2.27. The van der Waals surface area contributed by atoms with E-state index < -0.39 is 0 Å². The normalized spacial score (nSPS) is 28.6. The monoisotopic (exact) mass is 255 g/mol. The van der Waals surface area contributed by atoms with Gasteiger partial charge in [-0.3, -0.25) is 0 Å². The maximum atomic E-state index is 13.2. The van der Waals surface area contributed by atoms with Crippen LogP contribution in [0.5, 0.6) is 0 Å². The molecule has 2 atom stereocenters. The van der Waals surface area contributed by atoms with Gasteiger partial charge in [0.1, 0.15) is 5.82 Å². The van der Waals surface area contributed by atoms with Crippen LogP contribution < -0.4 is 5.32 Å². The van der Waals surface area contributed by atoms with Crippen LogP contribution >= 0.6 is 11.6 Å². The highest BCUT2D eigenvalue weighted by Crippen LogP contribution is 2.41. The molecule has 1 nitrogen and oxygen atoms in total. The lowest BCUT2D eigenvalue weighted by atomic mass is 9.82. The topological polar surface area (TPSA) is 12.0 Å². The van der Waals surface area contributed by atoms with Crippen LogP contribution in [0.4, 0.5) is 4.39 Å². The molecule has 0 aliphatic heterocycles. The minimum atomic E-state index is -0.198. The minimum Gasteiger partial charge on any atom is -0.317 e. The highest BCUT2D eigenvalue weighted by molar-refractivity contribution is 6.31. The first-order valence-corrected chi connectivity index (χ1v) is 6.51. The van der Waals surface area contributed by atoms with E-state index in [1.807, 2.05) is 7.05 Å². The zero-order chi connectivity index (χ0) is 12.5. The van der Waals surface area contributed by atoms with E-state index in [0.29, 0.717) is 11.1 Å². The fraction of sp³-hybridized carbons (Fsp3) is 0.571. The van der Waals surface area contributed by atoms with Crippen molar-refractivity contribution in [2.75, 3.05) is 7.05 Å². The Labute approximate surface area is 107 Å². The lowest BCUT2D eigenvalue weighted by Crippen LogP contribution is -2.24. The Balaban J connectivity index is 2.13. The van der Waals surface area contributed by atoms with Crippen molar-refractivity contribution in [3.05, 3.63) is 34.6 Å². The van der Waals surface area contributed by atoms with Crippen LogP contribution in [0, 0.1) is 11.2 Å². The fourth-order valence-corrected chi connectivity index (χ4v) is 3.05. The van der Waals surface area contributed by atoms with E-state index in [0.717, 1.165) is 18.4 Å². The molecule has 0 heterocycles. The van der Waals surface area contributed by atoms with Crippen molar-refractivity contribution in [2.24, 2.45) is 5.41 Å². The van der Waals surface area contributed by atoms with E-state index in [4.69, 9.17) is 11.6 Å². The van der Waals surface area contributed by atoms with Crippen molar-refractivity contribution in [3.8, 4) is 0 Å². The first-order valence-electron chi connectivity index (χ1n) is 6.14. The van der Waals surface area contributed by atoms with Crippen LogP contribution in [0.15, 0.2) is 18.2 Å². The predicted octanol–water partition coefficient (Wildman–Crippen LogP) is 3.80. The van der Waals surface area contributed by atoms with Gasteiger partial charge in [-0.25, -0.2) is 4.39 Å². The van der Waals surface area contributed by atoms with Gasteiger partial charge < -0.3 is 5.32 Å². The van der Waals surface area contributed by atoms with E-state index in [-0.39, 0.29) is 11.2 Å². The summed E-state index contributed by atoms with van der Waals surface area (Å²) in [4.78, 5) is 0. The SMILES string of the molecule is CNC1CCC(C)(Cc2cc(F)ccc2Cl)C1. The van der Waals surface area contributed by atoms with Crippen LogP contribution in [0.3, 0.4) is 0 Å². The second kappa shape index (κ2) is 4.95. The van der Waals surface area contributed by atoms with Gasteiger partial charge >= 0.3 is 0 Å². The third-order valence-corrected chi connectivity index (χ3v) is 4.24. The molecule has 0 saturated heterocycles. The number of hydrogen-bond acceptors (Lipinski definition) is 1. The van der Waals surface area contributed by atoms with Gasteiger partial charge in [0.2, 0.25) is 0 Å². The Morgan fingerprint density at radius 1 is 1.53 bits per heavy atom. The van der Waals surface area contributed by atoms with Gasteiger partial charge in [0.15, 0.2) is 0 Å². The molecule has 1 fully saturated rings. The molecule has 0 aromatic heterocycles. The van der Waals surface area contributed by atoms with Crippen LogP contribution in [0.25, 0.3) is 0 Å². The van der Waals surface area contributed by atoms with Crippen LogP contribution in [0.1, 0.15) is 31.7 Å². The van der Waals surface area contributed by atoms with Crippen LogP contribution in [-0.2, 0) is 6.42 Å². The minimum absolute atomic E-state index is 0.198. The van der Waals surface area contributed by atoms with Gasteiger partial charge in [-0.1, -0.05) is 18.5 Å². The zero-order valence-corrected chi connectivity index (χ0v) is 11.1. The Morgan fingerprint density at radius 2 is 2.29 bits per heavy atom. The van der Waals surface area contributed by atoms with Gasteiger partial charge in [0.05, 0.1) is 0 Å². The van der Waals surface area contributed by atoms with Crippen molar-refractivity contribution in [1.29, 1.82) is 0 Å². The Hall–Kier alpha value is -0.600. The molecule has 1 aliphatic rings. The number of nitrogens with one attached hydrogen (secondary N) is 1. The van der Waals surface area contributed by atoms with Gasteiger partial charge in [-0.15, -0.1) is 0 Å². The quantitative estimate of drug-likeness (QED) is 0.866. The number of rotatable bonds is 3. The largest absolute Gasteiger partial charge is 0.317 e. The summed E-state index contributed by atoms with van der Waals surface area (Å²) in [6, 6.07) is 5.23. The number of hydrogen-bond donors (Lipinski definition) is 1. The van der Waals surface area contributed by atoms with E-state index >= 15 is 0 Å². The standard InChI is InChI=1S/C14H19ClFN/c1-14(6-5-12(9-14)17-2)8-10-7-11(16)3-4-13(10)15/h3-4,7,12,17H,5-6,8-9H2,1-2H3. The molecule has 3 heteroatoms. The molecule has 1 saturated carbocycles. The van der Waals surface area contributed by atoms with Gasteiger partial charge in [-0.2, -0.15) is 0 Å². The molecule has 0 radical (unpaired) electrons. The van der Waals surface area contributed by atoms with Crippen molar-refractivity contribution in [3.63, 3.8) is 0 Å². The average Bonchev–Trinajstić information content (AvgIpc) is 2.66.